The molecule has 0 radical (unpaired) electrons. The van der Waals surface area contributed by atoms with Crippen LogP contribution in [0.4, 0.5) is 11.4 Å². The Labute approximate surface area is 190 Å². The van der Waals surface area contributed by atoms with Crippen molar-refractivity contribution in [3.63, 3.8) is 0 Å². The molecule has 0 aromatic heterocycles. The van der Waals surface area contributed by atoms with Crippen LogP contribution in [0.1, 0.15) is 5.56 Å². The lowest BCUT2D eigenvalue weighted by molar-refractivity contribution is -0.114. The fraction of sp³-hybridized carbons (Fsp3) is 0.0952. The SMILES string of the molecule is Cc1ccc(S(=O)(=O)N(CC(=O)Nc2cccc(Cl)c2)c2cc(Cl)cc(Cl)c2)cc1. The van der Waals surface area contributed by atoms with Crippen LogP contribution in [-0.2, 0) is 14.8 Å². The molecule has 156 valence electrons. The maximum Gasteiger partial charge on any atom is 0.264 e. The lowest BCUT2D eigenvalue weighted by Crippen LogP contribution is -2.38. The number of hydrogen-bond donors (Lipinski definition) is 1. The third-order valence-electron chi connectivity index (χ3n) is 4.14. The summed E-state index contributed by atoms with van der Waals surface area (Å²) >= 11 is 18.1. The van der Waals surface area contributed by atoms with Crippen molar-refractivity contribution in [1.82, 2.24) is 0 Å². The topological polar surface area (TPSA) is 66.5 Å². The van der Waals surface area contributed by atoms with Gasteiger partial charge >= 0.3 is 0 Å². The monoisotopic (exact) mass is 482 g/mol. The summed E-state index contributed by atoms with van der Waals surface area (Å²) in [6.07, 6.45) is 0. The van der Waals surface area contributed by atoms with Crippen molar-refractivity contribution in [2.75, 3.05) is 16.2 Å². The Morgan fingerprint density at radius 2 is 1.53 bits per heavy atom. The smallest absolute Gasteiger partial charge is 0.264 e. The number of hydrogen-bond acceptors (Lipinski definition) is 3. The number of carbonyl (C=O) groups excluding carboxylic acids is 1. The Balaban J connectivity index is 1.99. The van der Waals surface area contributed by atoms with E-state index in [-0.39, 0.29) is 20.6 Å². The van der Waals surface area contributed by atoms with E-state index in [4.69, 9.17) is 34.8 Å². The molecule has 0 unspecified atom stereocenters. The third kappa shape index (κ3) is 5.46. The largest absolute Gasteiger partial charge is 0.324 e. The van der Waals surface area contributed by atoms with Gasteiger partial charge in [0.2, 0.25) is 5.91 Å². The van der Waals surface area contributed by atoms with Crippen molar-refractivity contribution >= 4 is 62.1 Å². The van der Waals surface area contributed by atoms with Gasteiger partial charge in [0.1, 0.15) is 6.54 Å². The number of benzene rings is 3. The highest BCUT2D eigenvalue weighted by atomic mass is 35.5. The van der Waals surface area contributed by atoms with E-state index in [9.17, 15) is 13.2 Å². The molecule has 0 saturated heterocycles. The maximum absolute atomic E-state index is 13.3. The Kier molecular flexibility index (Phi) is 6.93. The summed E-state index contributed by atoms with van der Waals surface area (Å²) in [4.78, 5) is 12.7. The Bertz CT molecular complexity index is 1160. The minimum atomic E-state index is -4.07. The molecule has 0 atom stereocenters. The molecule has 30 heavy (non-hydrogen) atoms. The number of anilines is 2. The first-order chi connectivity index (χ1) is 14.1. The lowest BCUT2D eigenvalue weighted by atomic mass is 10.2. The van der Waals surface area contributed by atoms with Crippen LogP contribution < -0.4 is 9.62 Å². The predicted molar refractivity (Wildman–Crippen MR) is 122 cm³/mol. The highest BCUT2D eigenvalue weighted by Crippen LogP contribution is 2.30. The molecular weight excluding hydrogens is 467 g/mol. The van der Waals surface area contributed by atoms with Crippen LogP contribution in [0.5, 0.6) is 0 Å². The van der Waals surface area contributed by atoms with Gasteiger partial charge in [-0.3, -0.25) is 9.10 Å². The van der Waals surface area contributed by atoms with E-state index in [1.54, 1.807) is 36.4 Å². The lowest BCUT2D eigenvalue weighted by Gasteiger charge is -2.24. The summed E-state index contributed by atoms with van der Waals surface area (Å²) < 4.78 is 27.7. The molecule has 5 nitrogen and oxygen atoms in total. The molecule has 0 fully saturated rings. The fourth-order valence-corrected chi connectivity index (χ4v) is 4.84. The van der Waals surface area contributed by atoms with Crippen molar-refractivity contribution in [1.29, 1.82) is 0 Å². The molecule has 3 aromatic carbocycles. The zero-order chi connectivity index (χ0) is 21.9. The van der Waals surface area contributed by atoms with E-state index < -0.39 is 22.5 Å². The Hall–Kier alpha value is -2.25. The number of halogens is 3. The van der Waals surface area contributed by atoms with Crippen LogP contribution in [0, 0.1) is 6.92 Å². The number of amides is 1. The molecule has 0 bridgehead atoms. The first kappa shape index (κ1) is 22.4. The van der Waals surface area contributed by atoms with Crippen LogP contribution in [0.25, 0.3) is 0 Å². The van der Waals surface area contributed by atoms with Gasteiger partial charge in [0.15, 0.2) is 0 Å². The molecule has 0 heterocycles. The third-order valence-corrected chi connectivity index (χ3v) is 6.60. The second kappa shape index (κ2) is 9.27. The van der Waals surface area contributed by atoms with E-state index in [1.165, 1.54) is 30.3 Å². The number of sulfonamides is 1. The van der Waals surface area contributed by atoms with Crippen LogP contribution in [0.3, 0.4) is 0 Å². The Morgan fingerprint density at radius 1 is 0.900 bits per heavy atom. The highest BCUT2D eigenvalue weighted by molar-refractivity contribution is 7.92. The minimum Gasteiger partial charge on any atom is -0.324 e. The molecular formula is C21H17Cl3N2O3S. The molecule has 0 spiro atoms. The first-order valence-electron chi connectivity index (χ1n) is 8.76. The van der Waals surface area contributed by atoms with Gasteiger partial charge in [0, 0.05) is 20.8 Å². The summed E-state index contributed by atoms with van der Waals surface area (Å²) in [5.74, 6) is -0.552. The van der Waals surface area contributed by atoms with Crippen molar-refractivity contribution in [2.45, 2.75) is 11.8 Å². The second-order valence-electron chi connectivity index (χ2n) is 6.51. The standard InChI is InChI=1S/C21H17Cl3N2O3S/c1-14-5-7-20(8-6-14)30(28,29)26(19-11-16(23)9-17(24)12-19)13-21(27)25-18-4-2-3-15(22)10-18/h2-12H,13H2,1H3,(H,25,27). The average Bonchev–Trinajstić information content (AvgIpc) is 2.65. The molecule has 0 aliphatic heterocycles. The summed E-state index contributed by atoms with van der Waals surface area (Å²) in [6.45, 7) is 1.36. The zero-order valence-corrected chi connectivity index (χ0v) is 18.9. The quantitative estimate of drug-likeness (QED) is 0.482. The van der Waals surface area contributed by atoms with Gasteiger partial charge in [-0.15, -0.1) is 0 Å². The highest BCUT2D eigenvalue weighted by Gasteiger charge is 2.28. The number of nitrogens with one attached hydrogen (secondary N) is 1. The van der Waals surface area contributed by atoms with Gasteiger partial charge in [-0.1, -0.05) is 58.6 Å². The van der Waals surface area contributed by atoms with Crippen LogP contribution in [0.2, 0.25) is 15.1 Å². The van der Waals surface area contributed by atoms with Crippen molar-refractivity contribution in [3.8, 4) is 0 Å². The van der Waals surface area contributed by atoms with E-state index in [1.807, 2.05) is 6.92 Å². The molecule has 0 aliphatic rings. The van der Waals surface area contributed by atoms with Crippen LogP contribution in [0.15, 0.2) is 71.6 Å². The molecule has 0 aliphatic carbocycles. The average molecular weight is 484 g/mol. The minimum absolute atomic E-state index is 0.0414. The van der Waals surface area contributed by atoms with Gasteiger partial charge in [-0.05, 0) is 55.5 Å². The van der Waals surface area contributed by atoms with E-state index in [0.717, 1.165) is 9.87 Å². The summed E-state index contributed by atoms with van der Waals surface area (Å²) in [5.41, 5.74) is 1.53. The molecule has 1 amide bonds. The van der Waals surface area contributed by atoms with E-state index in [2.05, 4.69) is 5.32 Å². The molecule has 9 heteroatoms. The Morgan fingerprint density at radius 3 is 2.13 bits per heavy atom. The van der Waals surface area contributed by atoms with E-state index >= 15 is 0 Å². The molecule has 1 N–H and O–H groups in total. The van der Waals surface area contributed by atoms with Crippen LogP contribution >= 0.6 is 34.8 Å². The summed E-state index contributed by atoms with van der Waals surface area (Å²) in [6, 6.07) is 17.2. The van der Waals surface area contributed by atoms with Gasteiger partial charge in [-0.2, -0.15) is 0 Å². The van der Waals surface area contributed by atoms with Crippen LogP contribution in [-0.4, -0.2) is 20.9 Å². The van der Waals surface area contributed by atoms with Gasteiger partial charge < -0.3 is 5.32 Å². The number of aryl methyl sites for hydroxylation is 1. The van der Waals surface area contributed by atoms with Crippen molar-refractivity contribution < 1.29 is 13.2 Å². The summed E-state index contributed by atoms with van der Waals surface area (Å²) in [5, 5.41) is 3.59. The predicted octanol–water partition coefficient (Wildman–Crippen LogP) is 5.79. The first-order valence-corrected chi connectivity index (χ1v) is 11.3. The number of nitrogens with zero attached hydrogens (tertiary/aromatic N) is 1. The van der Waals surface area contributed by atoms with Crippen molar-refractivity contribution in [3.05, 3.63) is 87.4 Å². The van der Waals surface area contributed by atoms with Crippen molar-refractivity contribution in [2.24, 2.45) is 0 Å². The maximum atomic E-state index is 13.3. The molecule has 3 rings (SSSR count). The van der Waals surface area contributed by atoms with Gasteiger partial charge in [0.05, 0.1) is 10.6 Å². The number of rotatable bonds is 6. The fourth-order valence-electron chi connectivity index (χ4n) is 2.73. The molecule has 0 saturated carbocycles. The van der Waals surface area contributed by atoms with E-state index in [0.29, 0.717) is 10.7 Å². The number of carbonyl (C=O) groups is 1. The molecule has 3 aromatic rings. The summed E-state index contributed by atoms with van der Waals surface area (Å²) in [7, 11) is -4.07. The second-order valence-corrected chi connectivity index (χ2v) is 9.68. The zero-order valence-electron chi connectivity index (χ0n) is 15.8. The normalized spacial score (nSPS) is 11.2. The van der Waals surface area contributed by atoms with Gasteiger partial charge in [0.25, 0.3) is 10.0 Å². The van der Waals surface area contributed by atoms with Gasteiger partial charge in [-0.25, -0.2) is 8.42 Å².